The van der Waals surface area contributed by atoms with Crippen molar-refractivity contribution >= 4 is 11.2 Å². The van der Waals surface area contributed by atoms with Crippen LogP contribution >= 0.6 is 0 Å². The third kappa shape index (κ3) is 1.50. The quantitative estimate of drug-likeness (QED) is 0.819. The van der Waals surface area contributed by atoms with Crippen LogP contribution in [0, 0.1) is 5.41 Å². The van der Waals surface area contributed by atoms with Crippen LogP contribution in [0.5, 0.6) is 0 Å². The average Bonchev–Trinajstić information content (AvgIpc) is 2.65. The molecule has 0 radical (unpaired) electrons. The molecule has 1 saturated carbocycles. The maximum Gasteiger partial charge on any atom is 0.177 e. The summed E-state index contributed by atoms with van der Waals surface area (Å²) in [4.78, 5) is 12.1. The number of fused-ring (bicyclic) bond motifs is 1. The average molecular weight is 216 g/mol. The van der Waals surface area contributed by atoms with Gasteiger partial charge in [0, 0.05) is 12.6 Å². The van der Waals surface area contributed by atoms with Crippen molar-refractivity contribution in [1.82, 2.24) is 15.0 Å². The van der Waals surface area contributed by atoms with E-state index in [-0.39, 0.29) is 0 Å². The molecule has 1 fully saturated rings. The van der Waals surface area contributed by atoms with Gasteiger partial charge in [-0.2, -0.15) is 0 Å². The van der Waals surface area contributed by atoms with E-state index in [1.165, 1.54) is 19.3 Å². The highest BCUT2D eigenvalue weighted by molar-refractivity contribution is 5.69. The van der Waals surface area contributed by atoms with E-state index in [9.17, 15) is 0 Å². The van der Waals surface area contributed by atoms with Crippen molar-refractivity contribution in [2.24, 2.45) is 11.1 Å². The fourth-order valence-electron chi connectivity index (χ4n) is 2.46. The zero-order valence-corrected chi connectivity index (χ0v) is 9.24. The number of nitrogens with one attached hydrogen (secondary N) is 1. The van der Waals surface area contributed by atoms with Crippen LogP contribution in [0.15, 0.2) is 18.3 Å². The number of imidazole rings is 1. The van der Waals surface area contributed by atoms with Crippen LogP contribution in [0.4, 0.5) is 0 Å². The molecule has 3 rings (SSSR count). The van der Waals surface area contributed by atoms with Crippen LogP contribution in [0.1, 0.15) is 25.1 Å². The number of rotatable bonds is 3. The van der Waals surface area contributed by atoms with Gasteiger partial charge in [-0.15, -0.1) is 0 Å². The maximum atomic E-state index is 5.85. The number of nitrogens with two attached hydrogens (primary N) is 1. The summed E-state index contributed by atoms with van der Waals surface area (Å²) in [6.07, 6.45) is 6.49. The lowest BCUT2D eigenvalue weighted by Gasteiger charge is -2.40. The first-order valence-electron chi connectivity index (χ1n) is 5.81. The summed E-state index contributed by atoms with van der Waals surface area (Å²) in [6.45, 7) is 0.761. The first-order chi connectivity index (χ1) is 7.81. The van der Waals surface area contributed by atoms with E-state index in [0.717, 1.165) is 30.0 Å². The van der Waals surface area contributed by atoms with Crippen molar-refractivity contribution < 1.29 is 0 Å². The van der Waals surface area contributed by atoms with Crippen LogP contribution in [0.3, 0.4) is 0 Å². The van der Waals surface area contributed by atoms with Gasteiger partial charge >= 0.3 is 0 Å². The number of aromatic amines is 1. The molecule has 2 heterocycles. The lowest BCUT2D eigenvalue weighted by molar-refractivity contribution is 0.142. The van der Waals surface area contributed by atoms with Crippen LogP contribution in [0.2, 0.25) is 0 Å². The van der Waals surface area contributed by atoms with Crippen molar-refractivity contribution in [3.05, 3.63) is 24.2 Å². The number of nitrogens with zero attached hydrogens (tertiary/aromatic N) is 2. The standard InChI is InChI=1S/C12H16N4/c13-8-12(4-2-5-12)7-10-15-9-3-1-6-14-11(9)16-10/h1,3,6H,2,4-5,7-8,13H2,(H,14,15,16). The smallest absolute Gasteiger partial charge is 0.177 e. The summed E-state index contributed by atoms with van der Waals surface area (Å²) < 4.78 is 0. The summed E-state index contributed by atoms with van der Waals surface area (Å²) in [5, 5.41) is 0. The molecule has 1 aliphatic rings. The van der Waals surface area contributed by atoms with Crippen molar-refractivity contribution in [3.8, 4) is 0 Å². The Bertz CT molecular complexity index is 460. The van der Waals surface area contributed by atoms with Gasteiger partial charge in [0.25, 0.3) is 0 Å². The van der Waals surface area contributed by atoms with Gasteiger partial charge in [-0.3, -0.25) is 0 Å². The zero-order chi connectivity index (χ0) is 11.0. The molecule has 0 aliphatic heterocycles. The van der Waals surface area contributed by atoms with E-state index in [0.29, 0.717) is 5.41 Å². The monoisotopic (exact) mass is 216 g/mol. The summed E-state index contributed by atoms with van der Waals surface area (Å²) in [5.41, 5.74) is 7.98. The third-order valence-electron chi connectivity index (χ3n) is 3.70. The Morgan fingerprint density at radius 1 is 1.44 bits per heavy atom. The fourth-order valence-corrected chi connectivity index (χ4v) is 2.46. The SMILES string of the molecule is NCC1(Cc2nc3ncccc3[nH]2)CCC1. The molecule has 16 heavy (non-hydrogen) atoms. The molecule has 84 valence electrons. The number of aromatic nitrogens is 3. The Morgan fingerprint density at radius 2 is 2.31 bits per heavy atom. The second-order valence-corrected chi connectivity index (χ2v) is 4.79. The molecule has 1 aliphatic carbocycles. The van der Waals surface area contributed by atoms with E-state index in [2.05, 4.69) is 15.0 Å². The highest BCUT2D eigenvalue weighted by atomic mass is 15.0. The molecule has 3 N–H and O–H groups in total. The molecule has 0 bridgehead atoms. The Morgan fingerprint density at radius 3 is 2.94 bits per heavy atom. The van der Waals surface area contributed by atoms with Gasteiger partial charge < -0.3 is 10.7 Å². The first kappa shape index (κ1) is 9.78. The minimum atomic E-state index is 0.299. The van der Waals surface area contributed by atoms with Crippen molar-refractivity contribution in [2.45, 2.75) is 25.7 Å². The van der Waals surface area contributed by atoms with E-state index >= 15 is 0 Å². The molecule has 0 atom stereocenters. The molecule has 4 heteroatoms. The molecule has 0 unspecified atom stereocenters. The minimum absolute atomic E-state index is 0.299. The highest BCUT2D eigenvalue weighted by Crippen LogP contribution is 2.42. The molecule has 2 aromatic rings. The molecular weight excluding hydrogens is 200 g/mol. The maximum absolute atomic E-state index is 5.85. The lowest BCUT2D eigenvalue weighted by atomic mass is 9.66. The minimum Gasteiger partial charge on any atom is -0.341 e. The van der Waals surface area contributed by atoms with Crippen molar-refractivity contribution in [2.75, 3.05) is 6.54 Å². The van der Waals surface area contributed by atoms with Gasteiger partial charge in [-0.1, -0.05) is 6.42 Å². The van der Waals surface area contributed by atoms with Gasteiger partial charge in [0.2, 0.25) is 0 Å². The topological polar surface area (TPSA) is 67.6 Å². The van der Waals surface area contributed by atoms with E-state index in [1.807, 2.05) is 12.1 Å². The van der Waals surface area contributed by atoms with Crippen LogP contribution < -0.4 is 5.73 Å². The molecular formula is C12H16N4. The highest BCUT2D eigenvalue weighted by Gasteiger charge is 2.36. The molecule has 2 aromatic heterocycles. The first-order valence-corrected chi connectivity index (χ1v) is 5.81. The molecule has 4 nitrogen and oxygen atoms in total. The second kappa shape index (κ2) is 3.56. The Balaban J connectivity index is 1.89. The fraction of sp³-hybridized carbons (Fsp3) is 0.500. The molecule has 0 spiro atoms. The predicted octanol–water partition coefficient (Wildman–Crippen LogP) is 1.63. The van der Waals surface area contributed by atoms with Crippen LogP contribution in [-0.2, 0) is 6.42 Å². The van der Waals surface area contributed by atoms with Gasteiger partial charge in [0.05, 0.1) is 5.52 Å². The van der Waals surface area contributed by atoms with Crippen LogP contribution in [0.25, 0.3) is 11.2 Å². The third-order valence-corrected chi connectivity index (χ3v) is 3.70. The summed E-state index contributed by atoms with van der Waals surface area (Å²) >= 11 is 0. The molecule has 0 amide bonds. The van der Waals surface area contributed by atoms with Crippen LogP contribution in [-0.4, -0.2) is 21.5 Å². The van der Waals surface area contributed by atoms with Crippen molar-refractivity contribution in [3.63, 3.8) is 0 Å². The van der Waals surface area contributed by atoms with E-state index < -0.39 is 0 Å². The number of hydrogen-bond donors (Lipinski definition) is 2. The second-order valence-electron chi connectivity index (χ2n) is 4.79. The summed E-state index contributed by atoms with van der Waals surface area (Å²) in [7, 11) is 0. The van der Waals surface area contributed by atoms with Gasteiger partial charge in [0.1, 0.15) is 5.82 Å². The van der Waals surface area contributed by atoms with E-state index in [4.69, 9.17) is 5.73 Å². The molecule has 0 saturated heterocycles. The van der Waals surface area contributed by atoms with Crippen molar-refractivity contribution in [1.29, 1.82) is 0 Å². The van der Waals surface area contributed by atoms with E-state index in [1.54, 1.807) is 6.20 Å². The van der Waals surface area contributed by atoms with Gasteiger partial charge in [-0.25, -0.2) is 9.97 Å². The van der Waals surface area contributed by atoms with Gasteiger partial charge in [-0.05, 0) is 36.9 Å². The Hall–Kier alpha value is -1.42. The van der Waals surface area contributed by atoms with Gasteiger partial charge in [0.15, 0.2) is 5.65 Å². The Labute approximate surface area is 94.3 Å². The molecule has 0 aromatic carbocycles. The number of pyridine rings is 1. The number of H-pyrrole nitrogens is 1. The Kier molecular flexibility index (Phi) is 2.17. The summed E-state index contributed by atoms with van der Waals surface area (Å²) in [6, 6.07) is 3.93. The summed E-state index contributed by atoms with van der Waals surface area (Å²) in [5.74, 6) is 1.03. The number of hydrogen-bond acceptors (Lipinski definition) is 3. The largest absolute Gasteiger partial charge is 0.341 e. The predicted molar refractivity (Wildman–Crippen MR) is 62.9 cm³/mol. The lowest BCUT2D eigenvalue weighted by Crippen LogP contribution is -2.39. The zero-order valence-electron chi connectivity index (χ0n) is 9.24. The normalized spacial score (nSPS) is 18.6.